The Bertz CT molecular complexity index is 37.8. The van der Waals surface area contributed by atoms with Crippen LogP contribution in [0.2, 0.25) is 0 Å². The minimum atomic E-state index is 1.38. The van der Waals surface area contributed by atoms with Crippen molar-refractivity contribution in [2.75, 3.05) is 0 Å². The van der Waals surface area contributed by atoms with Crippen LogP contribution in [-0.2, 0) is 3.82 Å². The van der Waals surface area contributed by atoms with Crippen LogP contribution in [-0.4, -0.2) is 16.3 Å². The van der Waals surface area contributed by atoms with Gasteiger partial charge in [0.1, 0.15) is 0 Å². The van der Waals surface area contributed by atoms with E-state index in [0.29, 0.717) is 0 Å². The number of nitriles is 1. The van der Waals surface area contributed by atoms with Gasteiger partial charge in [-0.1, -0.05) is 0 Å². The summed E-state index contributed by atoms with van der Waals surface area (Å²) in [6, 6.07) is 0. The quantitative estimate of drug-likeness (QED) is 0.321. The fourth-order valence-corrected chi connectivity index (χ4v) is 0. The van der Waals surface area contributed by atoms with Crippen molar-refractivity contribution in [2.24, 2.45) is 0 Å². The third-order valence-corrected chi connectivity index (χ3v) is 0.194. The zero-order valence-electron chi connectivity index (χ0n) is 1.76. The molecule has 2 nitrogen and oxygen atoms in total. The summed E-state index contributed by atoms with van der Waals surface area (Å²) in [5.41, 5.74) is 0. The Morgan fingerprint density at radius 2 is 2.25 bits per heavy atom. The summed E-state index contributed by atoms with van der Waals surface area (Å²) >= 11 is 2.03. The SMILES string of the molecule is N#CO[Se-]. The minimum absolute atomic E-state index is 1.38. The second-order valence-corrected chi connectivity index (χ2v) is 0.524. The van der Waals surface area contributed by atoms with E-state index in [2.05, 4.69) is 3.82 Å². The third-order valence-electron chi connectivity index (χ3n) is 0.0373. The van der Waals surface area contributed by atoms with Gasteiger partial charge < -0.3 is 0 Å². The fraction of sp³-hybridized carbons (Fsp3) is 0. The van der Waals surface area contributed by atoms with E-state index in [0.717, 1.165) is 0 Å². The van der Waals surface area contributed by atoms with Crippen LogP contribution in [0.15, 0.2) is 0 Å². The third kappa shape index (κ3) is 1.81. The van der Waals surface area contributed by atoms with Crippen LogP contribution in [0.5, 0.6) is 0 Å². The average Bonchev–Trinajstić information content (AvgIpc) is 1.37. The number of hydrogen-bond donors (Lipinski definition) is 0. The first-order chi connectivity index (χ1) is 1.91. The van der Waals surface area contributed by atoms with Gasteiger partial charge in [0.25, 0.3) is 0 Å². The molecule has 0 radical (unpaired) electrons. The summed E-state index contributed by atoms with van der Waals surface area (Å²) in [5, 5.41) is 7.37. The van der Waals surface area contributed by atoms with Gasteiger partial charge in [0, 0.05) is 0 Å². The number of nitrogens with zero attached hydrogens (tertiary/aromatic N) is 1. The molecule has 0 aliphatic carbocycles. The molecular formula is CNOSe-. The van der Waals surface area contributed by atoms with Crippen molar-refractivity contribution in [2.45, 2.75) is 0 Å². The molecule has 0 saturated heterocycles. The summed E-state index contributed by atoms with van der Waals surface area (Å²) in [7, 11) is 0. The molecule has 0 saturated carbocycles. The molecule has 22 valence electrons. The summed E-state index contributed by atoms with van der Waals surface area (Å²) in [6.45, 7) is 0. The number of rotatable bonds is 0. The summed E-state index contributed by atoms with van der Waals surface area (Å²) in [5.74, 6) is 0. The molecule has 0 heterocycles. The Labute approximate surface area is 32.5 Å². The molecule has 0 aliphatic heterocycles. The van der Waals surface area contributed by atoms with E-state index in [1.165, 1.54) is 6.26 Å². The Balaban J connectivity index is 2.43. The molecule has 0 bridgehead atoms. The van der Waals surface area contributed by atoms with Gasteiger partial charge in [-0.2, -0.15) is 0 Å². The molecule has 0 aromatic carbocycles. The topological polar surface area (TPSA) is 33.0 Å². The first-order valence-electron chi connectivity index (χ1n) is 0.594. The van der Waals surface area contributed by atoms with E-state index < -0.39 is 0 Å². The van der Waals surface area contributed by atoms with E-state index in [1.54, 1.807) is 0 Å². The summed E-state index contributed by atoms with van der Waals surface area (Å²) in [4.78, 5) is 0. The van der Waals surface area contributed by atoms with Crippen molar-refractivity contribution >= 4 is 16.3 Å². The molecule has 0 aliphatic rings. The number of hydrogen-bond acceptors (Lipinski definition) is 2. The monoisotopic (exact) mass is 122 g/mol. The van der Waals surface area contributed by atoms with E-state index in [1.807, 2.05) is 16.3 Å². The molecule has 0 rings (SSSR count). The van der Waals surface area contributed by atoms with Gasteiger partial charge in [0.05, 0.1) is 0 Å². The van der Waals surface area contributed by atoms with Crippen LogP contribution in [0, 0.1) is 11.5 Å². The maximum absolute atomic E-state index is 7.37. The molecule has 0 N–H and O–H groups in total. The van der Waals surface area contributed by atoms with E-state index in [-0.39, 0.29) is 0 Å². The molecule has 0 aromatic heterocycles. The molecule has 0 unspecified atom stereocenters. The average molecular weight is 121 g/mol. The normalized spacial score (nSPS) is 4.00. The van der Waals surface area contributed by atoms with Crippen LogP contribution in [0.4, 0.5) is 0 Å². The molecular weight excluding hydrogens is 121 g/mol. The van der Waals surface area contributed by atoms with Crippen LogP contribution < -0.4 is 0 Å². The van der Waals surface area contributed by atoms with Crippen LogP contribution in [0.3, 0.4) is 0 Å². The Hall–Kier alpha value is -0.191. The molecule has 0 fully saturated rings. The van der Waals surface area contributed by atoms with Crippen molar-refractivity contribution in [3.63, 3.8) is 0 Å². The maximum atomic E-state index is 7.37. The Morgan fingerprint density at radius 3 is 2.25 bits per heavy atom. The van der Waals surface area contributed by atoms with Gasteiger partial charge in [-0.25, -0.2) is 0 Å². The first-order valence-corrected chi connectivity index (χ1v) is 1.29. The van der Waals surface area contributed by atoms with Crippen LogP contribution in [0.25, 0.3) is 0 Å². The van der Waals surface area contributed by atoms with Crippen molar-refractivity contribution in [1.82, 2.24) is 0 Å². The van der Waals surface area contributed by atoms with Gasteiger partial charge >= 0.3 is 31.7 Å². The van der Waals surface area contributed by atoms with Crippen molar-refractivity contribution in [3.05, 3.63) is 0 Å². The second-order valence-electron chi connectivity index (χ2n) is 0.175. The van der Waals surface area contributed by atoms with Gasteiger partial charge in [-0.15, -0.1) is 0 Å². The predicted octanol–water partition coefficient (Wildman–Crippen LogP) is -0.432. The van der Waals surface area contributed by atoms with Crippen molar-refractivity contribution in [3.8, 4) is 6.26 Å². The van der Waals surface area contributed by atoms with Gasteiger partial charge in [-0.05, 0) is 0 Å². The molecule has 3 heteroatoms. The standard InChI is InChI=1S/CHNOSe/c2-1-3-4/h4H/p-1. The summed E-state index contributed by atoms with van der Waals surface area (Å²) < 4.78 is 3.72. The Kier molecular flexibility index (Phi) is 2.68. The molecule has 0 amide bonds. The molecule has 0 atom stereocenters. The molecule has 4 heavy (non-hydrogen) atoms. The van der Waals surface area contributed by atoms with Crippen molar-refractivity contribution < 1.29 is 3.82 Å². The second kappa shape index (κ2) is 2.81. The zero-order chi connectivity index (χ0) is 3.41. The Morgan fingerprint density at radius 1 is 2.00 bits per heavy atom. The summed E-state index contributed by atoms with van der Waals surface area (Å²) in [6.07, 6.45) is 1.38. The first kappa shape index (κ1) is 3.81. The fourth-order valence-electron chi connectivity index (χ4n) is 0. The predicted molar refractivity (Wildman–Crippen MR) is 12.5 cm³/mol. The van der Waals surface area contributed by atoms with E-state index in [4.69, 9.17) is 5.26 Å². The van der Waals surface area contributed by atoms with Crippen LogP contribution >= 0.6 is 0 Å². The van der Waals surface area contributed by atoms with Crippen LogP contribution in [0.1, 0.15) is 0 Å². The zero-order valence-corrected chi connectivity index (χ0v) is 3.48. The van der Waals surface area contributed by atoms with Gasteiger partial charge in [-0.3, -0.25) is 0 Å². The van der Waals surface area contributed by atoms with Gasteiger partial charge in [0.2, 0.25) is 0 Å². The molecule has 0 spiro atoms. The van der Waals surface area contributed by atoms with Gasteiger partial charge in [0.15, 0.2) is 0 Å². The molecule has 0 aromatic rings. The van der Waals surface area contributed by atoms with Crippen molar-refractivity contribution in [1.29, 1.82) is 5.26 Å². The van der Waals surface area contributed by atoms with E-state index >= 15 is 0 Å². The van der Waals surface area contributed by atoms with E-state index in [9.17, 15) is 0 Å².